The summed E-state index contributed by atoms with van der Waals surface area (Å²) in [6.07, 6.45) is 0. The summed E-state index contributed by atoms with van der Waals surface area (Å²) in [6.45, 7) is 2.46. The van der Waals surface area contributed by atoms with E-state index in [0.29, 0.717) is 12.3 Å². The standard InChI is InChI=1S/C15H14FN3O3S/c1-2-22-12-6-4-11(5-7-12)17-15(23)18-13-8-3-10(16)9-14(13)19(20)21/h3-9H,2H2,1H3,(H2,17,18,23). The Labute approximate surface area is 137 Å². The van der Waals surface area contributed by atoms with Gasteiger partial charge in [-0.1, -0.05) is 0 Å². The summed E-state index contributed by atoms with van der Waals surface area (Å²) >= 11 is 5.11. The smallest absolute Gasteiger partial charge is 0.295 e. The van der Waals surface area contributed by atoms with Crippen molar-refractivity contribution >= 4 is 34.4 Å². The third kappa shape index (κ3) is 4.62. The zero-order valence-electron chi connectivity index (χ0n) is 12.2. The first kappa shape index (κ1) is 16.6. The van der Waals surface area contributed by atoms with Crippen molar-refractivity contribution in [2.75, 3.05) is 17.2 Å². The molecule has 0 bridgehead atoms. The highest BCUT2D eigenvalue weighted by molar-refractivity contribution is 7.80. The first-order valence-corrected chi connectivity index (χ1v) is 7.15. The molecule has 0 aliphatic heterocycles. The molecular formula is C15H14FN3O3S. The van der Waals surface area contributed by atoms with Crippen LogP contribution in [-0.4, -0.2) is 16.6 Å². The Kier molecular flexibility index (Phi) is 5.42. The molecule has 120 valence electrons. The van der Waals surface area contributed by atoms with Crippen molar-refractivity contribution < 1.29 is 14.1 Å². The molecule has 2 aromatic rings. The number of hydrogen-bond acceptors (Lipinski definition) is 4. The number of hydrogen-bond donors (Lipinski definition) is 2. The number of nitro groups is 1. The topological polar surface area (TPSA) is 76.4 Å². The second kappa shape index (κ2) is 7.50. The van der Waals surface area contributed by atoms with Gasteiger partial charge in [0.2, 0.25) is 0 Å². The van der Waals surface area contributed by atoms with Gasteiger partial charge in [0.15, 0.2) is 5.11 Å². The van der Waals surface area contributed by atoms with E-state index in [0.717, 1.165) is 17.9 Å². The van der Waals surface area contributed by atoms with Crippen molar-refractivity contribution in [2.24, 2.45) is 0 Å². The van der Waals surface area contributed by atoms with E-state index in [-0.39, 0.29) is 16.5 Å². The molecule has 0 fully saturated rings. The number of thiocarbonyl (C=S) groups is 1. The summed E-state index contributed by atoms with van der Waals surface area (Å²) < 4.78 is 18.4. The van der Waals surface area contributed by atoms with Gasteiger partial charge in [-0.2, -0.15) is 0 Å². The van der Waals surface area contributed by atoms with Crippen molar-refractivity contribution in [2.45, 2.75) is 6.92 Å². The van der Waals surface area contributed by atoms with Crippen molar-refractivity contribution in [3.63, 3.8) is 0 Å². The molecule has 0 radical (unpaired) electrons. The second-order valence-corrected chi connectivity index (χ2v) is 4.86. The van der Waals surface area contributed by atoms with Gasteiger partial charge < -0.3 is 15.4 Å². The van der Waals surface area contributed by atoms with E-state index >= 15 is 0 Å². The fourth-order valence-electron chi connectivity index (χ4n) is 1.85. The van der Waals surface area contributed by atoms with E-state index in [9.17, 15) is 14.5 Å². The maximum absolute atomic E-state index is 13.1. The maximum Gasteiger partial charge on any atom is 0.295 e. The van der Waals surface area contributed by atoms with Gasteiger partial charge in [-0.25, -0.2) is 4.39 Å². The van der Waals surface area contributed by atoms with E-state index in [1.54, 1.807) is 24.3 Å². The fraction of sp³-hybridized carbons (Fsp3) is 0.133. The van der Waals surface area contributed by atoms with E-state index in [1.165, 1.54) is 6.07 Å². The summed E-state index contributed by atoms with van der Waals surface area (Å²) in [5.41, 5.74) is 0.413. The van der Waals surface area contributed by atoms with Crippen LogP contribution < -0.4 is 15.4 Å². The minimum atomic E-state index is -0.687. The quantitative estimate of drug-likeness (QED) is 0.490. The molecule has 0 aromatic heterocycles. The molecule has 2 N–H and O–H groups in total. The number of nitrogens with zero attached hydrogens (tertiary/aromatic N) is 1. The molecule has 0 atom stereocenters. The minimum Gasteiger partial charge on any atom is -0.494 e. The van der Waals surface area contributed by atoms with Crippen LogP contribution >= 0.6 is 12.2 Å². The van der Waals surface area contributed by atoms with Crippen LogP contribution in [-0.2, 0) is 0 Å². The largest absolute Gasteiger partial charge is 0.494 e. The average molecular weight is 335 g/mol. The van der Waals surface area contributed by atoms with Gasteiger partial charge in [0.25, 0.3) is 5.69 Å². The molecule has 0 amide bonds. The number of anilines is 2. The van der Waals surface area contributed by atoms with Crippen LogP contribution in [0.5, 0.6) is 5.75 Å². The Bertz CT molecular complexity index is 722. The van der Waals surface area contributed by atoms with E-state index in [1.807, 2.05) is 6.92 Å². The van der Waals surface area contributed by atoms with E-state index in [4.69, 9.17) is 17.0 Å². The highest BCUT2D eigenvalue weighted by Crippen LogP contribution is 2.25. The van der Waals surface area contributed by atoms with E-state index < -0.39 is 10.7 Å². The van der Waals surface area contributed by atoms with Crippen molar-refractivity contribution in [1.82, 2.24) is 0 Å². The lowest BCUT2D eigenvalue weighted by molar-refractivity contribution is -0.384. The Morgan fingerprint density at radius 2 is 1.96 bits per heavy atom. The van der Waals surface area contributed by atoms with Crippen LogP contribution in [0.2, 0.25) is 0 Å². The van der Waals surface area contributed by atoms with Crippen LogP contribution in [0.3, 0.4) is 0 Å². The van der Waals surface area contributed by atoms with Crippen molar-refractivity contribution in [1.29, 1.82) is 0 Å². The average Bonchev–Trinajstić information content (AvgIpc) is 2.51. The van der Waals surface area contributed by atoms with Crippen LogP contribution in [0.4, 0.5) is 21.5 Å². The maximum atomic E-state index is 13.1. The Morgan fingerprint density at radius 3 is 2.57 bits per heavy atom. The zero-order valence-corrected chi connectivity index (χ0v) is 13.0. The highest BCUT2D eigenvalue weighted by Gasteiger charge is 2.15. The Hall–Kier alpha value is -2.74. The molecule has 0 saturated carbocycles. The van der Waals surface area contributed by atoms with Crippen molar-refractivity contribution in [3.05, 3.63) is 58.4 Å². The number of nitro benzene ring substituents is 1. The number of nitrogens with one attached hydrogen (secondary N) is 2. The third-order valence-electron chi connectivity index (χ3n) is 2.83. The normalized spacial score (nSPS) is 10.0. The monoisotopic (exact) mass is 335 g/mol. The minimum absolute atomic E-state index is 0.111. The molecule has 23 heavy (non-hydrogen) atoms. The predicted molar refractivity (Wildman–Crippen MR) is 90.5 cm³/mol. The number of halogens is 1. The second-order valence-electron chi connectivity index (χ2n) is 4.46. The van der Waals surface area contributed by atoms with Crippen LogP contribution in [0.15, 0.2) is 42.5 Å². The summed E-state index contributed by atoms with van der Waals surface area (Å²) in [6, 6.07) is 10.3. The van der Waals surface area contributed by atoms with Crippen molar-refractivity contribution in [3.8, 4) is 5.75 Å². The molecular weight excluding hydrogens is 321 g/mol. The molecule has 2 aromatic carbocycles. The van der Waals surface area contributed by atoms with Gasteiger partial charge in [-0.05, 0) is 55.5 Å². The molecule has 2 rings (SSSR count). The van der Waals surface area contributed by atoms with Gasteiger partial charge in [0.05, 0.1) is 17.6 Å². The lowest BCUT2D eigenvalue weighted by Gasteiger charge is -2.11. The highest BCUT2D eigenvalue weighted by atomic mass is 32.1. The fourth-order valence-corrected chi connectivity index (χ4v) is 2.08. The van der Waals surface area contributed by atoms with Gasteiger partial charge in [0.1, 0.15) is 17.3 Å². The third-order valence-corrected chi connectivity index (χ3v) is 3.03. The van der Waals surface area contributed by atoms with Gasteiger partial charge in [-0.15, -0.1) is 0 Å². The summed E-state index contributed by atoms with van der Waals surface area (Å²) in [5, 5.41) is 16.7. The Morgan fingerprint density at radius 1 is 1.26 bits per heavy atom. The van der Waals surface area contributed by atoms with Crippen LogP contribution in [0.1, 0.15) is 6.92 Å². The Balaban J connectivity index is 2.06. The van der Waals surface area contributed by atoms with Gasteiger partial charge >= 0.3 is 0 Å². The van der Waals surface area contributed by atoms with E-state index in [2.05, 4.69) is 10.6 Å². The van der Waals surface area contributed by atoms with Gasteiger partial charge in [-0.3, -0.25) is 10.1 Å². The molecule has 0 saturated heterocycles. The van der Waals surface area contributed by atoms with Gasteiger partial charge in [0, 0.05) is 5.69 Å². The lowest BCUT2D eigenvalue weighted by Crippen LogP contribution is -2.19. The zero-order chi connectivity index (χ0) is 16.8. The molecule has 8 heteroatoms. The number of ether oxygens (including phenoxy) is 1. The number of rotatable bonds is 5. The molecule has 0 aliphatic carbocycles. The molecule has 6 nitrogen and oxygen atoms in total. The van der Waals surface area contributed by atoms with Crippen LogP contribution in [0, 0.1) is 15.9 Å². The SMILES string of the molecule is CCOc1ccc(NC(=S)Nc2ccc(F)cc2[N+](=O)[O-])cc1. The van der Waals surface area contributed by atoms with Crippen LogP contribution in [0.25, 0.3) is 0 Å². The summed E-state index contributed by atoms with van der Waals surface area (Å²) in [5.74, 6) is 0.0405. The summed E-state index contributed by atoms with van der Waals surface area (Å²) in [7, 11) is 0. The molecule has 0 aliphatic rings. The lowest BCUT2D eigenvalue weighted by atomic mass is 10.2. The molecule has 0 spiro atoms. The first-order valence-electron chi connectivity index (χ1n) is 6.74. The molecule has 0 unspecified atom stereocenters. The predicted octanol–water partition coefficient (Wildman–Crippen LogP) is 3.94. The molecule has 0 heterocycles. The number of benzene rings is 2. The summed E-state index contributed by atoms with van der Waals surface area (Å²) in [4.78, 5) is 10.3. The first-order chi connectivity index (χ1) is 11.0.